The highest BCUT2D eigenvalue weighted by Gasteiger charge is 2.41. The van der Waals surface area contributed by atoms with Gasteiger partial charge in [-0.05, 0) is 18.2 Å². The zero-order valence-corrected chi connectivity index (χ0v) is 15.0. The van der Waals surface area contributed by atoms with Gasteiger partial charge in [-0.3, -0.25) is 0 Å². The number of ether oxygens (including phenoxy) is 3. The Kier molecular flexibility index (Phi) is 4.97. The molecule has 2 aromatic rings. The van der Waals surface area contributed by atoms with Gasteiger partial charge in [0.2, 0.25) is 6.29 Å². The summed E-state index contributed by atoms with van der Waals surface area (Å²) in [6, 6.07) is 8.59. The van der Waals surface area contributed by atoms with Gasteiger partial charge in [0.05, 0.1) is 12.2 Å². The summed E-state index contributed by atoms with van der Waals surface area (Å²) in [5, 5.41) is 59.1. The second-order valence-electron chi connectivity index (χ2n) is 6.88. The molecule has 154 valence electrons. The topological polar surface area (TPSA) is 149 Å². The van der Waals surface area contributed by atoms with Gasteiger partial charge in [0.1, 0.15) is 47.1 Å². The van der Waals surface area contributed by atoms with Crippen LogP contribution >= 0.6 is 0 Å². The predicted molar refractivity (Wildman–Crippen MR) is 98.1 cm³/mol. The van der Waals surface area contributed by atoms with Crippen molar-refractivity contribution >= 4 is 6.08 Å². The standard InChI is InChI=1S/C20H20O9/c21-10-3-1-9(2-4-10)19-16(29-20-18(26)17(25)14(24)8-27-20)7-12-13(23)5-11(22)6-15(12)28-19/h1-7,14,17-26H,8H2/t14-,17+,18-,19?,20-/m1/s1. The molecule has 0 aromatic heterocycles. The number of aliphatic hydroxyl groups excluding tert-OH is 3. The Hall–Kier alpha value is -2.98. The molecule has 9 heteroatoms. The van der Waals surface area contributed by atoms with Gasteiger partial charge >= 0.3 is 0 Å². The monoisotopic (exact) mass is 404 g/mol. The molecule has 2 aromatic carbocycles. The predicted octanol–water partition coefficient (Wildman–Crippen LogP) is 0.734. The third-order valence-electron chi connectivity index (χ3n) is 4.80. The van der Waals surface area contributed by atoms with E-state index < -0.39 is 30.7 Å². The molecule has 0 bridgehead atoms. The lowest BCUT2D eigenvalue weighted by Gasteiger charge is -2.37. The van der Waals surface area contributed by atoms with Gasteiger partial charge in [0, 0.05) is 17.7 Å². The zero-order chi connectivity index (χ0) is 20.7. The molecule has 4 rings (SSSR count). The quantitative estimate of drug-likeness (QED) is 0.435. The molecule has 1 fully saturated rings. The summed E-state index contributed by atoms with van der Waals surface area (Å²) < 4.78 is 17.0. The van der Waals surface area contributed by atoms with E-state index in [2.05, 4.69) is 0 Å². The number of aliphatic hydroxyl groups is 3. The van der Waals surface area contributed by atoms with Gasteiger partial charge in [-0.1, -0.05) is 12.1 Å². The summed E-state index contributed by atoms with van der Waals surface area (Å²) in [5.41, 5.74) is 0.826. The number of hydrogen-bond donors (Lipinski definition) is 6. The first-order chi connectivity index (χ1) is 13.8. The van der Waals surface area contributed by atoms with Crippen molar-refractivity contribution < 1.29 is 44.8 Å². The number of hydrogen-bond acceptors (Lipinski definition) is 9. The highest BCUT2D eigenvalue weighted by atomic mass is 16.7. The van der Waals surface area contributed by atoms with Crippen molar-refractivity contribution in [2.75, 3.05) is 6.61 Å². The number of rotatable bonds is 3. The summed E-state index contributed by atoms with van der Waals surface area (Å²) >= 11 is 0. The van der Waals surface area contributed by atoms with E-state index >= 15 is 0 Å². The lowest BCUT2D eigenvalue weighted by Crippen LogP contribution is -2.53. The maximum absolute atomic E-state index is 10.2. The normalized spacial score (nSPS) is 28.8. The van der Waals surface area contributed by atoms with Crippen molar-refractivity contribution in [3.05, 3.63) is 53.3 Å². The van der Waals surface area contributed by atoms with E-state index in [4.69, 9.17) is 14.2 Å². The Morgan fingerprint density at radius 1 is 0.897 bits per heavy atom. The van der Waals surface area contributed by atoms with E-state index in [9.17, 15) is 30.6 Å². The Morgan fingerprint density at radius 3 is 2.34 bits per heavy atom. The van der Waals surface area contributed by atoms with Crippen LogP contribution in [-0.4, -0.2) is 61.8 Å². The zero-order valence-electron chi connectivity index (χ0n) is 15.0. The summed E-state index contributed by atoms with van der Waals surface area (Å²) in [5.74, 6) is -0.0300. The van der Waals surface area contributed by atoms with E-state index in [1.54, 1.807) is 12.1 Å². The molecule has 5 atom stereocenters. The van der Waals surface area contributed by atoms with Crippen LogP contribution in [0.1, 0.15) is 17.2 Å². The van der Waals surface area contributed by atoms with Crippen molar-refractivity contribution in [2.24, 2.45) is 0 Å². The first-order valence-corrected chi connectivity index (χ1v) is 8.89. The van der Waals surface area contributed by atoms with Crippen LogP contribution in [0, 0.1) is 0 Å². The Labute approximate surface area is 165 Å². The van der Waals surface area contributed by atoms with Crippen LogP contribution in [0.4, 0.5) is 0 Å². The maximum Gasteiger partial charge on any atom is 0.228 e. The SMILES string of the molecule is Oc1ccc(C2Oc3cc(O)cc(O)c3C=C2O[C@H]2OC[C@@H](O)[C@H](O)[C@H]2O)cc1. The Bertz CT molecular complexity index is 924. The fourth-order valence-corrected chi connectivity index (χ4v) is 3.24. The highest BCUT2D eigenvalue weighted by molar-refractivity contribution is 5.69. The largest absolute Gasteiger partial charge is 0.508 e. The number of aromatic hydroxyl groups is 3. The molecule has 1 saturated heterocycles. The van der Waals surface area contributed by atoms with E-state index in [1.165, 1.54) is 24.3 Å². The molecule has 2 aliphatic rings. The van der Waals surface area contributed by atoms with Gasteiger partial charge in [-0.2, -0.15) is 0 Å². The van der Waals surface area contributed by atoms with Crippen molar-refractivity contribution in [1.82, 2.24) is 0 Å². The molecule has 2 heterocycles. The molecule has 9 nitrogen and oxygen atoms in total. The summed E-state index contributed by atoms with van der Waals surface area (Å²) in [6.07, 6.45) is -4.90. The fourth-order valence-electron chi connectivity index (χ4n) is 3.24. The minimum absolute atomic E-state index is 0.0508. The molecule has 0 radical (unpaired) electrons. The van der Waals surface area contributed by atoms with Crippen LogP contribution in [-0.2, 0) is 9.47 Å². The minimum Gasteiger partial charge on any atom is -0.508 e. The first-order valence-electron chi connectivity index (χ1n) is 8.89. The van der Waals surface area contributed by atoms with Crippen LogP contribution in [0.25, 0.3) is 6.08 Å². The smallest absolute Gasteiger partial charge is 0.228 e. The third-order valence-corrected chi connectivity index (χ3v) is 4.80. The van der Waals surface area contributed by atoms with E-state index in [0.29, 0.717) is 5.56 Å². The maximum atomic E-state index is 10.2. The third kappa shape index (κ3) is 3.68. The molecule has 0 amide bonds. The highest BCUT2D eigenvalue weighted by Crippen LogP contribution is 2.44. The Morgan fingerprint density at radius 2 is 1.62 bits per heavy atom. The average Bonchev–Trinajstić information content (AvgIpc) is 2.69. The van der Waals surface area contributed by atoms with Crippen LogP contribution in [0.15, 0.2) is 42.2 Å². The molecule has 0 aliphatic carbocycles. The van der Waals surface area contributed by atoms with Crippen molar-refractivity contribution in [1.29, 1.82) is 0 Å². The summed E-state index contributed by atoms with van der Waals surface area (Å²) in [7, 11) is 0. The second kappa shape index (κ2) is 7.45. The van der Waals surface area contributed by atoms with Crippen molar-refractivity contribution in [3.63, 3.8) is 0 Å². The van der Waals surface area contributed by atoms with Crippen molar-refractivity contribution in [3.8, 4) is 23.0 Å². The van der Waals surface area contributed by atoms with Crippen LogP contribution in [0.5, 0.6) is 23.0 Å². The summed E-state index contributed by atoms with van der Waals surface area (Å²) in [6.45, 7) is -0.239. The molecule has 1 unspecified atom stereocenters. The Balaban J connectivity index is 1.71. The van der Waals surface area contributed by atoms with E-state index in [0.717, 1.165) is 6.07 Å². The van der Waals surface area contributed by atoms with Gasteiger partial charge in [-0.15, -0.1) is 0 Å². The summed E-state index contributed by atoms with van der Waals surface area (Å²) in [4.78, 5) is 0. The second-order valence-corrected chi connectivity index (χ2v) is 6.88. The molecule has 2 aliphatic heterocycles. The van der Waals surface area contributed by atoms with Gasteiger partial charge in [0.15, 0.2) is 6.10 Å². The number of benzene rings is 2. The number of fused-ring (bicyclic) bond motifs is 1. The lowest BCUT2D eigenvalue weighted by molar-refractivity contribution is -0.261. The lowest BCUT2D eigenvalue weighted by atomic mass is 10.0. The first kappa shape index (κ1) is 19.3. The van der Waals surface area contributed by atoms with Gasteiger partial charge in [-0.25, -0.2) is 0 Å². The molecule has 29 heavy (non-hydrogen) atoms. The molecule has 0 saturated carbocycles. The van der Waals surface area contributed by atoms with Gasteiger partial charge in [0.25, 0.3) is 0 Å². The molecule has 6 N–H and O–H groups in total. The molecular weight excluding hydrogens is 384 g/mol. The van der Waals surface area contributed by atoms with Gasteiger partial charge < -0.3 is 44.8 Å². The van der Waals surface area contributed by atoms with Crippen LogP contribution in [0.3, 0.4) is 0 Å². The number of phenols is 3. The fraction of sp³-hybridized carbons (Fsp3) is 0.300. The number of phenolic OH excluding ortho intramolecular Hbond substituents is 3. The van der Waals surface area contributed by atoms with Crippen LogP contribution in [0.2, 0.25) is 0 Å². The minimum atomic E-state index is -1.52. The average molecular weight is 404 g/mol. The van der Waals surface area contributed by atoms with E-state index in [-0.39, 0.29) is 40.9 Å². The molecular formula is C20H20O9. The van der Waals surface area contributed by atoms with Crippen molar-refractivity contribution in [2.45, 2.75) is 30.7 Å². The van der Waals surface area contributed by atoms with Crippen LogP contribution < -0.4 is 4.74 Å². The molecule has 0 spiro atoms. The van der Waals surface area contributed by atoms with E-state index in [1.807, 2.05) is 0 Å².